The Hall–Kier alpha value is -2.96. The molecule has 7 nitrogen and oxygen atoms in total. The first-order chi connectivity index (χ1) is 9.31. The minimum atomic E-state index is -0.376. The van der Waals surface area contributed by atoms with Gasteiger partial charge in [0.25, 0.3) is 5.56 Å². The van der Waals surface area contributed by atoms with Gasteiger partial charge in [-0.2, -0.15) is 5.10 Å². The first kappa shape index (κ1) is 11.1. The van der Waals surface area contributed by atoms with Crippen LogP contribution in [0.1, 0.15) is 0 Å². The standard InChI is InChI=1S/C12H9N5O2/c18-8-15-16-7-13-11-10(12(16)19)6-14-17(11)9-4-2-1-3-5-9/h1-8H,(H,15,18). The van der Waals surface area contributed by atoms with E-state index in [0.29, 0.717) is 17.4 Å². The molecule has 0 atom stereocenters. The van der Waals surface area contributed by atoms with Crippen LogP contribution in [0.25, 0.3) is 16.7 Å². The molecule has 1 aromatic carbocycles. The van der Waals surface area contributed by atoms with Crippen molar-refractivity contribution in [3.8, 4) is 5.69 Å². The molecule has 0 unspecified atom stereocenters. The molecule has 3 aromatic rings. The van der Waals surface area contributed by atoms with Crippen LogP contribution in [0.3, 0.4) is 0 Å². The maximum absolute atomic E-state index is 12.0. The third-order valence-corrected chi connectivity index (χ3v) is 2.68. The number of para-hydroxylation sites is 1. The topological polar surface area (TPSA) is 81.8 Å². The van der Waals surface area contributed by atoms with E-state index in [9.17, 15) is 9.59 Å². The van der Waals surface area contributed by atoms with Crippen LogP contribution in [0.15, 0.2) is 47.7 Å². The van der Waals surface area contributed by atoms with E-state index in [0.717, 1.165) is 10.4 Å². The van der Waals surface area contributed by atoms with E-state index in [-0.39, 0.29) is 5.56 Å². The number of hydrogen-bond donors (Lipinski definition) is 1. The highest BCUT2D eigenvalue weighted by Crippen LogP contribution is 2.12. The van der Waals surface area contributed by atoms with Gasteiger partial charge in [-0.25, -0.2) is 14.3 Å². The summed E-state index contributed by atoms with van der Waals surface area (Å²) in [7, 11) is 0. The number of benzene rings is 1. The van der Waals surface area contributed by atoms with E-state index in [4.69, 9.17) is 0 Å². The summed E-state index contributed by atoms with van der Waals surface area (Å²) in [5.74, 6) is 0. The van der Waals surface area contributed by atoms with Crippen molar-refractivity contribution in [3.63, 3.8) is 0 Å². The molecule has 19 heavy (non-hydrogen) atoms. The summed E-state index contributed by atoms with van der Waals surface area (Å²) < 4.78 is 2.58. The Balaban J connectivity index is 2.23. The quantitative estimate of drug-likeness (QED) is 0.682. The summed E-state index contributed by atoms with van der Waals surface area (Å²) >= 11 is 0. The lowest BCUT2D eigenvalue weighted by molar-refractivity contribution is -0.106. The van der Waals surface area contributed by atoms with Gasteiger partial charge >= 0.3 is 0 Å². The van der Waals surface area contributed by atoms with Crippen molar-refractivity contribution in [1.82, 2.24) is 19.4 Å². The number of amides is 1. The molecule has 0 saturated heterocycles. The smallest absolute Gasteiger partial charge is 0.277 e. The molecule has 7 heteroatoms. The second-order valence-corrected chi connectivity index (χ2v) is 3.80. The van der Waals surface area contributed by atoms with Gasteiger partial charge in [-0.1, -0.05) is 18.2 Å². The van der Waals surface area contributed by atoms with Crippen molar-refractivity contribution in [1.29, 1.82) is 0 Å². The monoisotopic (exact) mass is 255 g/mol. The van der Waals surface area contributed by atoms with Crippen molar-refractivity contribution < 1.29 is 4.79 Å². The number of nitrogens with one attached hydrogen (secondary N) is 1. The molecule has 94 valence electrons. The third kappa shape index (κ3) is 1.77. The number of aromatic nitrogens is 4. The number of hydrogen-bond acceptors (Lipinski definition) is 4. The van der Waals surface area contributed by atoms with Gasteiger partial charge in [0, 0.05) is 0 Å². The van der Waals surface area contributed by atoms with Crippen LogP contribution in [-0.2, 0) is 4.79 Å². The minimum Gasteiger partial charge on any atom is -0.277 e. The summed E-state index contributed by atoms with van der Waals surface area (Å²) in [5, 5.41) is 4.49. The molecular formula is C12H9N5O2. The largest absolute Gasteiger partial charge is 0.283 e. The normalized spacial score (nSPS) is 10.5. The molecule has 1 N–H and O–H groups in total. The van der Waals surface area contributed by atoms with Gasteiger partial charge in [0.05, 0.1) is 11.9 Å². The van der Waals surface area contributed by atoms with Crippen LogP contribution in [-0.4, -0.2) is 25.9 Å². The average Bonchev–Trinajstić information content (AvgIpc) is 2.88. The zero-order valence-corrected chi connectivity index (χ0v) is 9.72. The lowest BCUT2D eigenvalue weighted by Crippen LogP contribution is -2.28. The second-order valence-electron chi connectivity index (χ2n) is 3.80. The van der Waals surface area contributed by atoms with Crippen molar-refractivity contribution in [2.75, 3.05) is 5.43 Å². The SMILES string of the molecule is O=CNn1cnc2c(cnn2-c2ccccc2)c1=O. The van der Waals surface area contributed by atoms with Crippen LogP contribution >= 0.6 is 0 Å². The van der Waals surface area contributed by atoms with Crippen LogP contribution in [0.2, 0.25) is 0 Å². The molecule has 0 radical (unpaired) electrons. The van der Waals surface area contributed by atoms with E-state index in [1.807, 2.05) is 30.3 Å². The van der Waals surface area contributed by atoms with Crippen LogP contribution < -0.4 is 11.0 Å². The van der Waals surface area contributed by atoms with Crippen molar-refractivity contribution in [3.05, 3.63) is 53.2 Å². The molecular weight excluding hydrogens is 246 g/mol. The minimum absolute atomic E-state index is 0.334. The summed E-state index contributed by atoms with van der Waals surface area (Å²) in [6.45, 7) is 0. The van der Waals surface area contributed by atoms with Crippen molar-refractivity contribution in [2.45, 2.75) is 0 Å². The molecule has 0 fully saturated rings. The van der Waals surface area contributed by atoms with E-state index in [1.165, 1.54) is 12.5 Å². The van der Waals surface area contributed by atoms with Crippen LogP contribution in [0.4, 0.5) is 0 Å². The van der Waals surface area contributed by atoms with Gasteiger partial charge < -0.3 is 0 Å². The lowest BCUT2D eigenvalue weighted by Gasteiger charge is -2.04. The van der Waals surface area contributed by atoms with Gasteiger partial charge in [-0.05, 0) is 12.1 Å². The maximum Gasteiger partial charge on any atom is 0.283 e. The Labute approximate surface area is 107 Å². The Morgan fingerprint density at radius 2 is 2.00 bits per heavy atom. The third-order valence-electron chi connectivity index (χ3n) is 2.68. The molecule has 2 heterocycles. The van der Waals surface area contributed by atoms with Crippen molar-refractivity contribution in [2.24, 2.45) is 0 Å². The Kier molecular flexibility index (Phi) is 2.57. The number of carbonyl (C=O) groups excluding carboxylic acids is 1. The lowest BCUT2D eigenvalue weighted by atomic mass is 10.3. The van der Waals surface area contributed by atoms with Gasteiger partial charge in [0.1, 0.15) is 11.7 Å². The Bertz CT molecular complexity index is 791. The fourth-order valence-electron chi connectivity index (χ4n) is 1.82. The highest BCUT2D eigenvalue weighted by atomic mass is 16.2. The Morgan fingerprint density at radius 1 is 1.21 bits per heavy atom. The zero-order valence-electron chi connectivity index (χ0n) is 9.72. The number of carbonyl (C=O) groups is 1. The summed E-state index contributed by atoms with van der Waals surface area (Å²) in [6.07, 6.45) is 3.09. The number of rotatable bonds is 3. The van der Waals surface area contributed by atoms with E-state index in [2.05, 4.69) is 15.5 Å². The second kappa shape index (κ2) is 4.37. The highest BCUT2D eigenvalue weighted by Gasteiger charge is 2.10. The number of nitrogens with zero attached hydrogens (tertiary/aromatic N) is 4. The van der Waals surface area contributed by atoms with Gasteiger partial charge in [0.15, 0.2) is 5.65 Å². The molecule has 0 aliphatic rings. The fraction of sp³-hybridized carbons (Fsp3) is 0. The number of fused-ring (bicyclic) bond motifs is 1. The van der Waals surface area contributed by atoms with E-state index >= 15 is 0 Å². The van der Waals surface area contributed by atoms with Crippen LogP contribution in [0, 0.1) is 0 Å². The predicted octanol–water partition coefficient (Wildman–Crippen LogP) is 0.282. The maximum atomic E-state index is 12.0. The molecule has 1 amide bonds. The molecule has 2 aromatic heterocycles. The first-order valence-corrected chi connectivity index (χ1v) is 5.52. The van der Waals surface area contributed by atoms with Gasteiger partial charge in [-0.3, -0.25) is 15.0 Å². The predicted molar refractivity (Wildman–Crippen MR) is 68.5 cm³/mol. The summed E-state index contributed by atoms with van der Waals surface area (Å²) in [4.78, 5) is 26.5. The van der Waals surface area contributed by atoms with Crippen molar-refractivity contribution >= 4 is 17.4 Å². The molecule has 0 spiro atoms. The summed E-state index contributed by atoms with van der Waals surface area (Å²) in [6, 6.07) is 9.37. The van der Waals surface area contributed by atoms with Crippen LogP contribution in [0.5, 0.6) is 0 Å². The van der Waals surface area contributed by atoms with E-state index in [1.54, 1.807) is 4.68 Å². The molecule has 0 aliphatic carbocycles. The molecule has 3 rings (SSSR count). The highest BCUT2D eigenvalue weighted by molar-refractivity contribution is 5.75. The first-order valence-electron chi connectivity index (χ1n) is 5.52. The fourth-order valence-corrected chi connectivity index (χ4v) is 1.82. The molecule has 0 saturated carbocycles. The Morgan fingerprint density at radius 3 is 2.74 bits per heavy atom. The average molecular weight is 255 g/mol. The van der Waals surface area contributed by atoms with E-state index < -0.39 is 0 Å². The summed E-state index contributed by atoms with van der Waals surface area (Å²) in [5.41, 5.74) is 3.12. The molecule has 0 aliphatic heterocycles. The zero-order chi connectivity index (χ0) is 13.2. The van der Waals surface area contributed by atoms with Gasteiger partial charge in [0.2, 0.25) is 6.41 Å². The molecule has 0 bridgehead atoms. The van der Waals surface area contributed by atoms with Gasteiger partial charge in [-0.15, -0.1) is 0 Å².